The summed E-state index contributed by atoms with van der Waals surface area (Å²) in [4.78, 5) is 29.4. The molecule has 1 unspecified atom stereocenters. The Balaban J connectivity index is 1.44. The molecule has 1 atom stereocenters. The Bertz CT molecular complexity index is 1210. The number of fused-ring (bicyclic) bond motifs is 1. The van der Waals surface area contributed by atoms with E-state index in [0.29, 0.717) is 41.4 Å². The van der Waals surface area contributed by atoms with Crippen LogP contribution in [0.2, 0.25) is 0 Å². The molecule has 2 heterocycles. The van der Waals surface area contributed by atoms with Crippen molar-refractivity contribution in [2.45, 2.75) is 38.1 Å². The van der Waals surface area contributed by atoms with Crippen molar-refractivity contribution in [3.8, 4) is 0 Å². The van der Waals surface area contributed by atoms with Gasteiger partial charge in [0.15, 0.2) is 0 Å². The van der Waals surface area contributed by atoms with E-state index < -0.39 is 23.6 Å². The molecule has 1 aliphatic heterocycles. The number of H-pyrrole nitrogens is 1. The van der Waals surface area contributed by atoms with Crippen molar-refractivity contribution in [1.82, 2.24) is 15.2 Å². The van der Waals surface area contributed by atoms with Crippen molar-refractivity contribution in [1.29, 1.82) is 0 Å². The summed E-state index contributed by atoms with van der Waals surface area (Å²) in [6, 6.07) is 10.2. The summed E-state index contributed by atoms with van der Waals surface area (Å²) >= 11 is 0. The Labute approximate surface area is 181 Å². The van der Waals surface area contributed by atoms with Gasteiger partial charge in [-0.1, -0.05) is 12.1 Å². The summed E-state index contributed by atoms with van der Waals surface area (Å²) in [7, 11) is 0. The molecule has 0 saturated carbocycles. The first-order chi connectivity index (χ1) is 15.2. The summed E-state index contributed by atoms with van der Waals surface area (Å²) in [6.45, 7) is 0.675. The van der Waals surface area contributed by atoms with Crippen molar-refractivity contribution in [3.05, 3.63) is 81.4 Å². The maximum Gasteiger partial charge on any atom is 0.416 e. The maximum atomic E-state index is 13.3. The number of carbonyl (C=O) groups is 1. The molecule has 0 bridgehead atoms. The van der Waals surface area contributed by atoms with Crippen LogP contribution in [0.1, 0.15) is 29.5 Å². The standard InChI is InChI=1S/C23H21F4N3O2/c24-18-7-6-15-10-16(21(31)29-20(15)11-18)12-28-19-5-2-8-30(22(19)32)13-14-3-1-4-17(9-14)23(25,26)27/h1,3-4,6-7,9-11,19,28H,2,5,8,12-13H2,(H,29,31). The highest BCUT2D eigenvalue weighted by Crippen LogP contribution is 2.30. The molecule has 1 fully saturated rings. The molecule has 4 rings (SSSR count). The highest BCUT2D eigenvalue weighted by Gasteiger charge is 2.32. The van der Waals surface area contributed by atoms with E-state index in [4.69, 9.17) is 0 Å². The smallest absolute Gasteiger partial charge is 0.337 e. The van der Waals surface area contributed by atoms with Crippen LogP contribution in [-0.4, -0.2) is 28.4 Å². The molecule has 32 heavy (non-hydrogen) atoms. The fraction of sp³-hybridized carbons (Fsp3) is 0.304. The van der Waals surface area contributed by atoms with Crippen molar-refractivity contribution in [3.63, 3.8) is 0 Å². The minimum atomic E-state index is -4.44. The molecule has 0 aliphatic carbocycles. The van der Waals surface area contributed by atoms with Crippen LogP contribution in [0.4, 0.5) is 17.6 Å². The van der Waals surface area contributed by atoms with Gasteiger partial charge in [-0.25, -0.2) is 4.39 Å². The molecule has 1 saturated heterocycles. The van der Waals surface area contributed by atoms with E-state index in [2.05, 4.69) is 10.3 Å². The number of carbonyl (C=O) groups excluding carboxylic acids is 1. The van der Waals surface area contributed by atoms with E-state index >= 15 is 0 Å². The minimum Gasteiger partial charge on any atom is -0.337 e. The van der Waals surface area contributed by atoms with Crippen molar-refractivity contribution in [2.24, 2.45) is 0 Å². The molecule has 1 amide bonds. The number of hydrogen-bond donors (Lipinski definition) is 2. The number of nitrogens with zero attached hydrogens (tertiary/aromatic N) is 1. The molecule has 168 valence electrons. The highest BCUT2D eigenvalue weighted by molar-refractivity contribution is 5.82. The zero-order chi connectivity index (χ0) is 22.9. The van der Waals surface area contributed by atoms with Gasteiger partial charge in [-0.3, -0.25) is 9.59 Å². The molecule has 9 heteroatoms. The number of aromatic nitrogens is 1. The lowest BCUT2D eigenvalue weighted by Gasteiger charge is -2.33. The lowest BCUT2D eigenvalue weighted by atomic mass is 10.0. The minimum absolute atomic E-state index is 0.0864. The molecule has 1 aromatic heterocycles. The zero-order valence-electron chi connectivity index (χ0n) is 17.0. The molecule has 2 aromatic carbocycles. The number of benzene rings is 2. The Morgan fingerprint density at radius 2 is 1.91 bits per heavy atom. The number of rotatable bonds is 5. The number of alkyl halides is 3. The number of halogens is 4. The Morgan fingerprint density at radius 1 is 1.09 bits per heavy atom. The quantitative estimate of drug-likeness (QED) is 0.582. The third kappa shape index (κ3) is 4.83. The summed E-state index contributed by atoms with van der Waals surface area (Å²) in [5, 5.41) is 3.76. The van der Waals surface area contributed by atoms with E-state index in [-0.39, 0.29) is 24.6 Å². The summed E-state index contributed by atoms with van der Waals surface area (Å²) in [5.41, 5.74) is 0.0860. The Kier molecular flexibility index (Phi) is 6.01. The predicted molar refractivity (Wildman–Crippen MR) is 111 cm³/mol. The average molecular weight is 447 g/mol. The van der Waals surface area contributed by atoms with Gasteiger partial charge in [0.05, 0.1) is 17.1 Å². The van der Waals surface area contributed by atoms with Crippen LogP contribution < -0.4 is 10.9 Å². The first-order valence-electron chi connectivity index (χ1n) is 10.2. The van der Waals surface area contributed by atoms with Crippen LogP contribution in [0.15, 0.2) is 53.3 Å². The normalized spacial score (nSPS) is 17.2. The van der Waals surface area contributed by atoms with Crippen LogP contribution in [0.5, 0.6) is 0 Å². The second-order valence-electron chi connectivity index (χ2n) is 7.89. The number of aromatic amines is 1. The van der Waals surface area contributed by atoms with Crippen molar-refractivity contribution in [2.75, 3.05) is 6.54 Å². The topological polar surface area (TPSA) is 65.2 Å². The van der Waals surface area contributed by atoms with Crippen LogP contribution in [0.3, 0.4) is 0 Å². The number of piperidine rings is 1. The molecule has 3 aromatic rings. The van der Waals surface area contributed by atoms with Crippen LogP contribution in [-0.2, 0) is 24.1 Å². The first-order valence-corrected chi connectivity index (χ1v) is 10.2. The number of likely N-dealkylation sites (tertiary alicyclic amines) is 1. The molecule has 2 N–H and O–H groups in total. The van der Waals surface area contributed by atoms with E-state index in [9.17, 15) is 27.2 Å². The predicted octanol–water partition coefficient (Wildman–Crippen LogP) is 3.97. The average Bonchev–Trinajstić information content (AvgIpc) is 2.74. The lowest BCUT2D eigenvalue weighted by Crippen LogP contribution is -2.50. The van der Waals surface area contributed by atoms with Crippen molar-refractivity contribution >= 4 is 16.8 Å². The second-order valence-corrected chi connectivity index (χ2v) is 7.89. The summed E-state index contributed by atoms with van der Waals surface area (Å²) < 4.78 is 52.2. The monoisotopic (exact) mass is 447 g/mol. The van der Waals surface area contributed by atoms with Gasteiger partial charge in [-0.15, -0.1) is 0 Å². The van der Waals surface area contributed by atoms with Gasteiger partial charge >= 0.3 is 6.18 Å². The van der Waals surface area contributed by atoms with E-state index in [1.807, 2.05) is 0 Å². The highest BCUT2D eigenvalue weighted by atomic mass is 19.4. The van der Waals surface area contributed by atoms with Gasteiger partial charge < -0.3 is 15.2 Å². The van der Waals surface area contributed by atoms with Gasteiger partial charge in [0, 0.05) is 25.2 Å². The molecule has 0 radical (unpaired) electrons. The van der Waals surface area contributed by atoms with Gasteiger partial charge in [0.25, 0.3) is 5.56 Å². The Morgan fingerprint density at radius 3 is 2.69 bits per heavy atom. The van der Waals surface area contributed by atoms with E-state index in [1.165, 1.54) is 23.1 Å². The van der Waals surface area contributed by atoms with Crippen LogP contribution >= 0.6 is 0 Å². The number of nitrogens with one attached hydrogen (secondary N) is 2. The van der Waals surface area contributed by atoms with Gasteiger partial charge in [-0.2, -0.15) is 13.2 Å². The number of hydrogen-bond acceptors (Lipinski definition) is 3. The largest absolute Gasteiger partial charge is 0.416 e. The molecular weight excluding hydrogens is 426 g/mol. The van der Waals surface area contributed by atoms with Crippen LogP contribution in [0.25, 0.3) is 10.9 Å². The first kappa shape index (κ1) is 22.0. The number of amides is 1. The van der Waals surface area contributed by atoms with Gasteiger partial charge in [-0.05, 0) is 60.2 Å². The molecule has 1 aliphatic rings. The van der Waals surface area contributed by atoms with Gasteiger partial charge in [0.1, 0.15) is 5.82 Å². The second kappa shape index (κ2) is 8.74. The molecule has 0 spiro atoms. The van der Waals surface area contributed by atoms with Gasteiger partial charge in [0.2, 0.25) is 5.91 Å². The third-order valence-electron chi connectivity index (χ3n) is 5.58. The summed E-state index contributed by atoms with van der Waals surface area (Å²) in [5.74, 6) is -0.666. The third-order valence-corrected chi connectivity index (χ3v) is 5.58. The van der Waals surface area contributed by atoms with E-state index in [0.717, 1.165) is 12.1 Å². The fourth-order valence-electron chi connectivity index (χ4n) is 3.94. The number of pyridine rings is 1. The zero-order valence-corrected chi connectivity index (χ0v) is 17.0. The maximum absolute atomic E-state index is 13.3. The van der Waals surface area contributed by atoms with E-state index in [1.54, 1.807) is 18.2 Å². The molecule has 5 nitrogen and oxygen atoms in total. The Hall–Kier alpha value is -3.20. The fourth-order valence-corrected chi connectivity index (χ4v) is 3.94. The lowest BCUT2D eigenvalue weighted by molar-refractivity contribution is -0.137. The van der Waals surface area contributed by atoms with Crippen molar-refractivity contribution < 1.29 is 22.4 Å². The molecular formula is C23H21F4N3O2. The summed E-state index contributed by atoms with van der Waals surface area (Å²) in [6.07, 6.45) is -3.19. The SMILES string of the molecule is O=C1C(NCc2cc3ccc(F)cc3[nH]c2=O)CCCN1Cc1cccc(C(F)(F)F)c1. The van der Waals surface area contributed by atoms with Crippen LogP contribution in [0, 0.1) is 5.82 Å².